The van der Waals surface area contributed by atoms with E-state index in [-0.39, 0.29) is 29.9 Å². The highest BCUT2D eigenvalue weighted by molar-refractivity contribution is 14.0. The molecule has 6 nitrogen and oxygen atoms in total. The van der Waals surface area contributed by atoms with Crippen LogP contribution in [0.15, 0.2) is 47.5 Å². The third kappa shape index (κ3) is 7.03. The third-order valence-electron chi connectivity index (χ3n) is 4.31. The zero-order valence-corrected chi connectivity index (χ0v) is 19.2. The Morgan fingerprint density at radius 1 is 1.07 bits per heavy atom. The van der Waals surface area contributed by atoms with Crippen LogP contribution in [0.3, 0.4) is 0 Å². The number of nitrogens with one attached hydrogen (secondary N) is 3. The van der Waals surface area contributed by atoms with Crippen LogP contribution in [0, 0.1) is 6.92 Å². The lowest BCUT2D eigenvalue weighted by Gasteiger charge is -2.13. The number of hydrogen-bond donors (Lipinski definition) is 3. The number of halogens is 1. The van der Waals surface area contributed by atoms with E-state index in [9.17, 15) is 4.79 Å². The predicted molar refractivity (Wildman–Crippen MR) is 125 cm³/mol. The van der Waals surface area contributed by atoms with E-state index in [1.165, 1.54) is 5.56 Å². The van der Waals surface area contributed by atoms with E-state index in [0.717, 1.165) is 35.8 Å². The number of aryl methyl sites for hydroxylation is 1. The highest BCUT2D eigenvalue weighted by atomic mass is 127. The zero-order chi connectivity index (χ0) is 19.6. The molecule has 7 heteroatoms. The molecule has 3 N–H and O–H groups in total. The molecule has 152 valence electrons. The lowest BCUT2D eigenvalue weighted by atomic mass is 10.1. The van der Waals surface area contributed by atoms with Gasteiger partial charge in [-0.2, -0.15) is 0 Å². The number of hydrogen-bond acceptors (Lipinski definition) is 3. The van der Waals surface area contributed by atoms with Crippen molar-refractivity contribution in [3.05, 3.63) is 64.7 Å². The van der Waals surface area contributed by atoms with Crippen LogP contribution in [0.25, 0.3) is 0 Å². The first kappa shape index (κ1) is 23.7. The largest absolute Gasteiger partial charge is 0.496 e. The Morgan fingerprint density at radius 2 is 1.75 bits per heavy atom. The summed E-state index contributed by atoms with van der Waals surface area (Å²) in [7, 11) is 5.07. The molecular formula is C21H29IN4O2. The minimum absolute atomic E-state index is 0. The van der Waals surface area contributed by atoms with Gasteiger partial charge in [0.2, 0.25) is 0 Å². The molecule has 28 heavy (non-hydrogen) atoms. The van der Waals surface area contributed by atoms with Gasteiger partial charge in [0.25, 0.3) is 5.91 Å². The quantitative estimate of drug-likeness (QED) is 0.313. The Bertz CT molecular complexity index is 791. The molecule has 2 aromatic carbocycles. The van der Waals surface area contributed by atoms with Gasteiger partial charge in [-0.15, -0.1) is 24.0 Å². The number of rotatable bonds is 7. The Kier molecular flexibility index (Phi) is 10.4. The molecule has 1 amide bonds. The lowest BCUT2D eigenvalue weighted by molar-refractivity contribution is 0.0963. The number of aliphatic imine (C=N–C) groups is 1. The maximum atomic E-state index is 11.6. The fourth-order valence-electron chi connectivity index (χ4n) is 2.67. The van der Waals surface area contributed by atoms with Gasteiger partial charge in [-0.3, -0.25) is 9.79 Å². The van der Waals surface area contributed by atoms with Crippen LogP contribution in [0.5, 0.6) is 5.75 Å². The fraction of sp³-hybridized carbons (Fsp3) is 0.333. The summed E-state index contributed by atoms with van der Waals surface area (Å²) < 4.78 is 5.37. The topological polar surface area (TPSA) is 74.8 Å². The molecule has 0 atom stereocenters. The second-order valence-electron chi connectivity index (χ2n) is 6.18. The summed E-state index contributed by atoms with van der Waals surface area (Å²) >= 11 is 0. The average molecular weight is 496 g/mol. The minimum atomic E-state index is -0.0836. The first-order chi connectivity index (χ1) is 13.1. The number of nitrogens with zero attached hydrogens (tertiary/aromatic N) is 1. The molecule has 0 fully saturated rings. The summed E-state index contributed by atoms with van der Waals surface area (Å²) in [6.07, 6.45) is 0.873. The average Bonchev–Trinajstić information content (AvgIpc) is 2.71. The fourth-order valence-corrected chi connectivity index (χ4v) is 2.67. The third-order valence-corrected chi connectivity index (χ3v) is 4.31. The molecule has 0 unspecified atom stereocenters. The van der Waals surface area contributed by atoms with Gasteiger partial charge in [0, 0.05) is 32.7 Å². The first-order valence-electron chi connectivity index (χ1n) is 8.96. The van der Waals surface area contributed by atoms with Crippen molar-refractivity contribution in [3.8, 4) is 5.75 Å². The Hall–Kier alpha value is -2.29. The molecule has 0 aliphatic rings. The molecule has 0 spiro atoms. The lowest BCUT2D eigenvalue weighted by Crippen LogP contribution is -2.37. The highest BCUT2D eigenvalue weighted by Gasteiger charge is 2.04. The van der Waals surface area contributed by atoms with Crippen LogP contribution >= 0.6 is 24.0 Å². The van der Waals surface area contributed by atoms with Gasteiger partial charge in [-0.05, 0) is 48.2 Å². The van der Waals surface area contributed by atoms with E-state index in [0.29, 0.717) is 12.1 Å². The molecule has 2 rings (SSSR count). The Morgan fingerprint density at radius 3 is 2.36 bits per heavy atom. The van der Waals surface area contributed by atoms with Gasteiger partial charge < -0.3 is 20.7 Å². The molecular weight excluding hydrogens is 467 g/mol. The van der Waals surface area contributed by atoms with Crippen LogP contribution in [-0.4, -0.2) is 39.6 Å². The molecule has 2 aromatic rings. The van der Waals surface area contributed by atoms with Crippen LogP contribution < -0.4 is 20.7 Å². The molecule has 0 aliphatic heterocycles. The van der Waals surface area contributed by atoms with Crippen molar-refractivity contribution in [2.24, 2.45) is 4.99 Å². The Balaban J connectivity index is 0.00000392. The number of ether oxygens (including phenoxy) is 1. The van der Waals surface area contributed by atoms with Crippen molar-refractivity contribution < 1.29 is 9.53 Å². The summed E-state index contributed by atoms with van der Waals surface area (Å²) in [5, 5.41) is 9.21. The van der Waals surface area contributed by atoms with Crippen molar-refractivity contribution >= 4 is 35.8 Å². The van der Waals surface area contributed by atoms with Crippen molar-refractivity contribution in [2.75, 3.05) is 27.7 Å². The van der Waals surface area contributed by atoms with Gasteiger partial charge in [-0.25, -0.2) is 0 Å². The number of methoxy groups -OCH3 is 1. The minimum Gasteiger partial charge on any atom is -0.496 e. The van der Waals surface area contributed by atoms with Crippen LogP contribution in [0.4, 0.5) is 0 Å². The van der Waals surface area contributed by atoms with Gasteiger partial charge in [-0.1, -0.05) is 24.3 Å². The standard InChI is InChI=1S/C21H28N4O2.HI/c1-15-5-6-16(13-19(15)27-4)11-12-24-21(23-3)25-14-17-7-9-18(10-8-17)20(26)22-2;/h5-10,13H,11-12,14H2,1-4H3,(H,22,26)(H2,23,24,25);1H. The summed E-state index contributed by atoms with van der Waals surface area (Å²) in [6, 6.07) is 13.8. The second kappa shape index (κ2) is 12.2. The van der Waals surface area contributed by atoms with Crippen LogP contribution in [0.2, 0.25) is 0 Å². The van der Waals surface area contributed by atoms with E-state index in [1.807, 2.05) is 31.2 Å². The Labute approximate surface area is 184 Å². The number of carbonyl (C=O) groups excluding carboxylic acids is 1. The smallest absolute Gasteiger partial charge is 0.251 e. The van der Waals surface area contributed by atoms with Crippen molar-refractivity contribution in [2.45, 2.75) is 19.9 Å². The van der Waals surface area contributed by atoms with E-state index in [2.05, 4.69) is 39.1 Å². The first-order valence-corrected chi connectivity index (χ1v) is 8.96. The van der Waals surface area contributed by atoms with Crippen molar-refractivity contribution in [1.29, 1.82) is 0 Å². The molecule has 0 saturated carbocycles. The molecule has 0 bridgehead atoms. The van der Waals surface area contributed by atoms with Crippen molar-refractivity contribution in [3.63, 3.8) is 0 Å². The van der Waals surface area contributed by atoms with Gasteiger partial charge in [0.05, 0.1) is 7.11 Å². The molecule has 0 saturated heterocycles. The number of benzene rings is 2. The predicted octanol–water partition coefficient (Wildman–Crippen LogP) is 2.89. The van der Waals surface area contributed by atoms with Crippen LogP contribution in [0.1, 0.15) is 27.0 Å². The molecule has 0 heterocycles. The molecule has 0 aliphatic carbocycles. The normalized spacial score (nSPS) is 10.6. The number of carbonyl (C=O) groups is 1. The van der Waals surface area contributed by atoms with Gasteiger partial charge in [0.15, 0.2) is 5.96 Å². The van der Waals surface area contributed by atoms with Crippen molar-refractivity contribution in [1.82, 2.24) is 16.0 Å². The van der Waals surface area contributed by atoms with E-state index in [1.54, 1.807) is 21.2 Å². The molecule has 0 aromatic heterocycles. The second-order valence-corrected chi connectivity index (χ2v) is 6.18. The number of amides is 1. The SMILES string of the molecule is CN=C(NCCc1ccc(C)c(OC)c1)NCc1ccc(C(=O)NC)cc1.I. The zero-order valence-electron chi connectivity index (χ0n) is 16.8. The van der Waals surface area contributed by atoms with E-state index >= 15 is 0 Å². The van der Waals surface area contributed by atoms with Gasteiger partial charge >= 0.3 is 0 Å². The summed E-state index contributed by atoms with van der Waals surface area (Å²) in [5.41, 5.74) is 4.07. The molecule has 0 radical (unpaired) electrons. The maximum Gasteiger partial charge on any atom is 0.251 e. The summed E-state index contributed by atoms with van der Waals surface area (Å²) in [5.74, 6) is 1.57. The van der Waals surface area contributed by atoms with E-state index in [4.69, 9.17) is 4.74 Å². The van der Waals surface area contributed by atoms with Gasteiger partial charge in [0.1, 0.15) is 5.75 Å². The van der Waals surface area contributed by atoms with Crippen LogP contribution in [-0.2, 0) is 13.0 Å². The van der Waals surface area contributed by atoms with E-state index < -0.39 is 0 Å². The maximum absolute atomic E-state index is 11.6. The number of guanidine groups is 1. The highest BCUT2D eigenvalue weighted by Crippen LogP contribution is 2.18. The summed E-state index contributed by atoms with van der Waals surface area (Å²) in [6.45, 7) is 3.43. The monoisotopic (exact) mass is 496 g/mol. The summed E-state index contributed by atoms with van der Waals surface area (Å²) in [4.78, 5) is 15.8.